The Bertz CT molecular complexity index is 966. The van der Waals surface area contributed by atoms with E-state index in [4.69, 9.17) is 5.26 Å². The molecule has 3 rings (SSSR count). The number of nitriles is 1. The van der Waals surface area contributed by atoms with Crippen molar-refractivity contribution < 1.29 is 9.59 Å². The van der Waals surface area contributed by atoms with Gasteiger partial charge in [-0.05, 0) is 29.7 Å². The maximum absolute atomic E-state index is 11.9. The summed E-state index contributed by atoms with van der Waals surface area (Å²) in [5.41, 5.74) is 2.99. The van der Waals surface area contributed by atoms with Crippen LogP contribution in [0.4, 0.5) is 5.82 Å². The lowest BCUT2D eigenvalue weighted by Gasteiger charge is -2.05. The molecule has 0 fully saturated rings. The van der Waals surface area contributed by atoms with Crippen LogP contribution in [-0.2, 0) is 17.8 Å². The van der Waals surface area contributed by atoms with E-state index in [1.165, 1.54) is 18.0 Å². The van der Waals surface area contributed by atoms with Gasteiger partial charge in [0.1, 0.15) is 17.8 Å². The van der Waals surface area contributed by atoms with Gasteiger partial charge in [0.2, 0.25) is 6.41 Å². The van der Waals surface area contributed by atoms with Crippen LogP contribution in [-0.4, -0.2) is 22.3 Å². The first-order valence-corrected chi connectivity index (χ1v) is 8.99. The Morgan fingerprint density at radius 1 is 1.07 bits per heavy atom. The molecule has 7 nitrogen and oxygen atoms in total. The van der Waals surface area contributed by atoms with Crippen molar-refractivity contribution in [3.05, 3.63) is 89.4 Å². The van der Waals surface area contributed by atoms with Gasteiger partial charge in [0.15, 0.2) is 0 Å². The first kappa shape index (κ1) is 21.3. The van der Waals surface area contributed by atoms with Gasteiger partial charge in [0, 0.05) is 12.6 Å². The van der Waals surface area contributed by atoms with Crippen LogP contribution in [0.25, 0.3) is 0 Å². The minimum Gasteiger partial charge on any atom is -0.347 e. The first-order chi connectivity index (χ1) is 14.2. The number of rotatable bonds is 6. The van der Waals surface area contributed by atoms with Crippen molar-refractivity contribution in [1.29, 1.82) is 5.26 Å². The molecular weight excluding hydrogens is 366 g/mol. The van der Waals surface area contributed by atoms with E-state index in [0.29, 0.717) is 18.5 Å². The SMILES string of the molecule is CCc1ccccc1.N#Cc1ccc(CNC(=O)c2cc(NC=O)ncn2)cc1. The van der Waals surface area contributed by atoms with E-state index in [9.17, 15) is 9.59 Å². The van der Waals surface area contributed by atoms with E-state index in [0.717, 1.165) is 12.0 Å². The number of anilines is 1. The molecule has 1 aromatic heterocycles. The molecular formula is C22H21N5O2. The molecule has 7 heteroatoms. The van der Waals surface area contributed by atoms with Gasteiger partial charge in [0.05, 0.1) is 11.6 Å². The van der Waals surface area contributed by atoms with Gasteiger partial charge < -0.3 is 10.6 Å². The quantitative estimate of drug-likeness (QED) is 0.632. The van der Waals surface area contributed by atoms with E-state index in [-0.39, 0.29) is 17.4 Å². The Morgan fingerprint density at radius 2 is 1.79 bits per heavy atom. The van der Waals surface area contributed by atoms with Crippen molar-refractivity contribution >= 4 is 18.1 Å². The van der Waals surface area contributed by atoms with Crippen LogP contribution < -0.4 is 10.6 Å². The highest BCUT2D eigenvalue weighted by Crippen LogP contribution is 2.05. The zero-order valence-corrected chi connectivity index (χ0v) is 16.0. The van der Waals surface area contributed by atoms with Gasteiger partial charge in [-0.25, -0.2) is 9.97 Å². The van der Waals surface area contributed by atoms with E-state index in [1.807, 2.05) is 12.1 Å². The summed E-state index contributed by atoms with van der Waals surface area (Å²) in [5, 5.41) is 13.7. The molecule has 2 N–H and O–H groups in total. The van der Waals surface area contributed by atoms with Crippen LogP contribution in [0.3, 0.4) is 0 Å². The Hall–Kier alpha value is -4.05. The van der Waals surface area contributed by atoms with Gasteiger partial charge in [-0.3, -0.25) is 9.59 Å². The molecule has 0 bridgehead atoms. The van der Waals surface area contributed by atoms with Gasteiger partial charge in [0.25, 0.3) is 5.91 Å². The zero-order chi connectivity index (χ0) is 20.9. The van der Waals surface area contributed by atoms with Gasteiger partial charge >= 0.3 is 0 Å². The molecule has 0 spiro atoms. The summed E-state index contributed by atoms with van der Waals surface area (Å²) < 4.78 is 0. The number of carbonyl (C=O) groups excluding carboxylic acids is 2. The van der Waals surface area contributed by atoms with E-state index in [2.05, 4.69) is 51.8 Å². The Morgan fingerprint density at radius 3 is 2.38 bits per heavy atom. The number of aromatic nitrogens is 2. The highest BCUT2D eigenvalue weighted by molar-refractivity contribution is 5.93. The molecule has 2 aromatic carbocycles. The summed E-state index contributed by atoms with van der Waals surface area (Å²) in [6.07, 6.45) is 2.81. The van der Waals surface area contributed by atoms with Crippen LogP contribution >= 0.6 is 0 Å². The van der Waals surface area contributed by atoms with Gasteiger partial charge in [-0.15, -0.1) is 0 Å². The normalized spacial score (nSPS) is 9.38. The average molecular weight is 387 g/mol. The molecule has 0 aliphatic carbocycles. The summed E-state index contributed by atoms with van der Waals surface area (Å²) in [7, 11) is 0. The molecule has 1 heterocycles. The van der Waals surface area contributed by atoms with E-state index in [1.54, 1.807) is 24.3 Å². The van der Waals surface area contributed by atoms with Crippen molar-refractivity contribution in [2.45, 2.75) is 19.9 Å². The number of hydrogen-bond donors (Lipinski definition) is 2. The second kappa shape index (κ2) is 11.6. The Labute approximate surface area is 169 Å². The average Bonchev–Trinajstić information content (AvgIpc) is 2.79. The molecule has 0 radical (unpaired) electrons. The second-order valence-electron chi connectivity index (χ2n) is 5.88. The van der Waals surface area contributed by atoms with Crippen molar-refractivity contribution in [3.8, 4) is 6.07 Å². The number of aryl methyl sites for hydroxylation is 1. The topological polar surface area (TPSA) is 108 Å². The molecule has 0 saturated heterocycles. The monoisotopic (exact) mass is 387 g/mol. The van der Waals surface area contributed by atoms with Crippen LogP contribution in [0, 0.1) is 11.3 Å². The van der Waals surface area contributed by atoms with Crippen LogP contribution in [0.1, 0.15) is 34.1 Å². The molecule has 0 aliphatic rings. The predicted molar refractivity (Wildman–Crippen MR) is 110 cm³/mol. The summed E-state index contributed by atoms with van der Waals surface area (Å²) >= 11 is 0. The fraction of sp³-hybridized carbons (Fsp3) is 0.136. The molecule has 0 atom stereocenters. The molecule has 0 unspecified atom stereocenters. The standard InChI is InChI=1S/C14H11N5O2.C8H10/c15-6-10-1-3-11(4-2-10)7-16-14(21)12-5-13(19-9-20)18-8-17-12;1-2-8-6-4-3-5-7-8/h1-5,8-9H,7H2,(H,16,21)(H,17,18,19,20);3-7H,2H2,1H3. The highest BCUT2D eigenvalue weighted by atomic mass is 16.2. The Kier molecular flexibility index (Phi) is 8.51. The van der Waals surface area contributed by atoms with Crippen molar-refractivity contribution in [2.24, 2.45) is 0 Å². The summed E-state index contributed by atoms with van der Waals surface area (Å²) in [4.78, 5) is 29.9. The summed E-state index contributed by atoms with van der Waals surface area (Å²) in [6, 6.07) is 20.7. The molecule has 2 amide bonds. The smallest absolute Gasteiger partial charge is 0.270 e. The lowest BCUT2D eigenvalue weighted by atomic mass is 10.1. The maximum Gasteiger partial charge on any atom is 0.270 e. The fourth-order valence-electron chi connectivity index (χ4n) is 2.30. The number of nitrogens with one attached hydrogen (secondary N) is 2. The van der Waals surface area contributed by atoms with Crippen molar-refractivity contribution in [2.75, 3.05) is 5.32 Å². The zero-order valence-electron chi connectivity index (χ0n) is 16.0. The number of hydrogen-bond acceptors (Lipinski definition) is 5. The van der Waals surface area contributed by atoms with Crippen LogP contribution in [0.15, 0.2) is 67.0 Å². The molecule has 0 saturated carbocycles. The number of carbonyl (C=O) groups is 2. The second-order valence-corrected chi connectivity index (χ2v) is 5.88. The van der Waals surface area contributed by atoms with Gasteiger partial charge in [-0.2, -0.15) is 5.26 Å². The molecule has 0 aliphatic heterocycles. The maximum atomic E-state index is 11.9. The minimum atomic E-state index is -0.379. The lowest BCUT2D eigenvalue weighted by Crippen LogP contribution is -2.24. The minimum absolute atomic E-state index is 0.156. The highest BCUT2D eigenvalue weighted by Gasteiger charge is 2.08. The summed E-state index contributed by atoms with van der Waals surface area (Å²) in [5.74, 6) is -0.126. The van der Waals surface area contributed by atoms with Crippen molar-refractivity contribution in [1.82, 2.24) is 15.3 Å². The molecule has 146 valence electrons. The summed E-state index contributed by atoms with van der Waals surface area (Å²) in [6.45, 7) is 2.47. The Balaban J connectivity index is 0.000000313. The number of nitrogens with zero attached hydrogens (tertiary/aromatic N) is 3. The van der Waals surface area contributed by atoms with Crippen LogP contribution in [0.2, 0.25) is 0 Å². The van der Waals surface area contributed by atoms with E-state index < -0.39 is 0 Å². The van der Waals surface area contributed by atoms with Crippen LogP contribution in [0.5, 0.6) is 0 Å². The fourth-order valence-corrected chi connectivity index (χ4v) is 2.30. The lowest BCUT2D eigenvalue weighted by molar-refractivity contribution is -0.105. The number of benzene rings is 2. The third-order valence-electron chi connectivity index (χ3n) is 3.89. The van der Waals surface area contributed by atoms with Gasteiger partial charge in [-0.1, -0.05) is 49.4 Å². The molecule has 3 aromatic rings. The molecule has 29 heavy (non-hydrogen) atoms. The third-order valence-corrected chi connectivity index (χ3v) is 3.89. The largest absolute Gasteiger partial charge is 0.347 e. The third kappa shape index (κ3) is 7.23. The van der Waals surface area contributed by atoms with E-state index >= 15 is 0 Å². The number of amides is 2. The first-order valence-electron chi connectivity index (χ1n) is 8.99. The van der Waals surface area contributed by atoms with Crippen molar-refractivity contribution in [3.63, 3.8) is 0 Å². The predicted octanol–water partition coefficient (Wildman–Crippen LogP) is 3.10.